The third-order valence-corrected chi connectivity index (χ3v) is 3.42. The number of aryl methyl sites for hydroxylation is 2. The molecule has 0 aliphatic rings. The Morgan fingerprint density at radius 2 is 2.28 bits per heavy atom. The van der Waals surface area contributed by atoms with Crippen molar-refractivity contribution in [2.45, 2.75) is 33.2 Å². The highest BCUT2D eigenvalue weighted by atomic mass is 32.1. The molecule has 0 bridgehead atoms. The first kappa shape index (κ1) is 12.8. The summed E-state index contributed by atoms with van der Waals surface area (Å²) in [6.45, 7) is 5.81. The Morgan fingerprint density at radius 1 is 1.50 bits per heavy atom. The Bertz CT molecular complexity index is 546. The minimum absolute atomic E-state index is 0.0370. The lowest BCUT2D eigenvalue weighted by atomic mass is 10.2. The maximum absolute atomic E-state index is 11.8. The van der Waals surface area contributed by atoms with Gasteiger partial charge in [-0.1, -0.05) is 0 Å². The minimum Gasteiger partial charge on any atom is -0.302 e. The van der Waals surface area contributed by atoms with Crippen LogP contribution < -0.4 is 5.32 Å². The van der Waals surface area contributed by atoms with E-state index in [4.69, 9.17) is 0 Å². The van der Waals surface area contributed by atoms with Crippen molar-refractivity contribution in [1.82, 2.24) is 14.8 Å². The second-order valence-corrected chi connectivity index (χ2v) is 5.19. The fraction of sp³-hybridized carbons (Fsp3) is 0.417. The van der Waals surface area contributed by atoms with Gasteiger partial charge < -0.3 is 5.32 Å². The fourth-order valence-electron chi connectivity index (χ4n) is 1.62. The molecule has 0 radical (unpaired) electrons. The molecule has 0 fully saturated rings. The standard InChI is InChI=1S/C12H16N4OS/c1-8-4-5-16(15-8)10(3)6-11(17)14-12-13-9(2)7-18-12/h4-5,7,10H,6H2,1-3H3,(H,13,14,17)/t10-/m1/s1. The second kappa shape index (κ2) is 5.30. The normalized spacial score (nSPS) is 12.4. The molecule has 0 saturated heterocycles. The van der Waals surface area contributed by atoms with Gasteiger partial charge >= 0.3 is 0 Å². The van der Waals surface area contributed by atoms with E-state index in [1.807, 2.05) is 43.1 Å². The Balaban J connectivity index is 1.91. The number of carbonyl (C=O) groups excluding carboxylic acids is 1. The number of amides is 1. The van der Waals surface area contributed by atoms with Crippen molar-refractivity contribution in [3.63, 3.8) is 0 Å². The average Bonchev–Trinajstić information content (AvgIpc) is 2.87. The topological polar surface area (TPSA) is 59.8 Å². The van der Waals surface area contributed by atoms with E-state index < -0.39 is 0 Å². The Hall–Kier alpha value is -1.69. The quantitative estimate of drug-likeness (QED) is 0.923. The van der Waals surface area contributed by atoms with Crippen molar-refractivity contribution < 1.29 is 4.79 Å². The van der Waals surface area contributed by atoms with Crippen LogP contribution in [0.5, 0.6) is 0 Å². The molecule has 2 rings (SSSR count). The van der Waals surface area contributed by atoms with Gasteiger partial charge in [0.05, 0.1) is 17.4 Å². The minimum atomic E-state index is -0.0370. The molecule has 0 aromatic carbocycles. The molecule has 1 N–H and O–H groups in total. The molecule has 0 aliphatic carbocycles. The van der Waals surface area contributed by atoms with Crippen LogP contribution in [0.15, 0.2) is 17.6 Å². The third kappa shape index (κ3) is 3.16. The fourth-order valence-corrected chi connectivity index (χ4v) is 2.33. The lowest BCUT2D eigenvalue weighted by molar-refractivity contribution is -0.116. The zero-order valence-electron chi connectivity index (χ0n) is 10.7. The first-order chi connectivity index (χ1) is 8.54. The monoisotopic (exact) mass is 264 g/mol. The number of nitrogens with zero attached hydrogens (tertiary/aromatic N) is 3. The number of hydrogen-bond donors (Lipinski definition) is 1. The first-order valence-electron chi connectivity index (χ1n) is 5.78. The Kier molecular flexibility index (Phi) is 3.76. The van der Waals surface area contributed by atoms with Gasteiger partial charge in [-0.25, -0.2) is 4.98 Å². The van der Waals surface area contributed by atoms with Crippen molar-refractivity contribution in [1.29, 1.82) is 0 Å². The Morgan fingerprint density at radius 3 is 2.83 bits per heavy atom. The van der Waals surface area contributed by atoms with Gasteiger partial charge in [-0.3, -0.25) is 9.48 Å². The molecular weight excluding hydrogens is 248 g/mol. The average molecular weight is 264 g/mol. The van der Waals surface area contributed by atoms with Crippen molar-refractivity contribution in [3.8, 4) is 0 Å². The number of thiazole rings is 1. The van der Waals surface area contributed by atoms with Gasteiger partial charge in [0.1, 0.15) is 0 Å². The van der Waals surface area contributed by atoms with E-state index in [1.54, 1.807) is 0 Å². The number of rotatable bonds is 4. The van der Waals surface area contributed by atoms with Gasteiger partial charge in [-0.2, -0.15) is 5.10 Å². The van der Waals surface area contributed by atoms with Gasteiger partial charge in [0.25, 0.3) is 0 Å². The maximum Gasteiger partial charge on any atom is 0.228 e. The van der Waals surface area contributed by atoms with E-state index >= 15 is 0 Å². The number of hydrogen-bond acceptors (Lipinski definition) is 4. The molecule has 18 heavy (non-hydrogen) atoms. The van der Waals surface area contributed by atoms with Crippen LogP contribution in [-0.2, 0) is 4.79 Å². The van der Waals surface area contributed by atoms with Crippen LogP contribution in [0.2, 0.25) is 0 Å². The van der Waals surface area contributed by atoms with Gasteiger partial charge in [-0.15, -0.1) is 11.3 Å². The van der Waals surface area contributed by atoms with Crippen LogP contribution in [0.25, 0.3) is 0 Å². The van der Waals surface area contributed by atoms with E-state index in [9.17, 15) is 4.79 Å². The summed E-state index contributed by atoms with van der Waals surface area (Å²) in [6.07, 6.45) is 2.28. The van der Waals surface area contributed by atoms with Crippen LogP contribution in [-0.4, -0.2) is 20.7 Å². The van der Waals surface area contributed by atoms with E-state index in [-0.39, 0.29) is 11.9 Å². The van der Waals surface area contributed by atoms with Gasteiger partial charge in [0, 0.05) is 18.0 Å². The maximum atomic E-state index is 11.8. The van der Waals surface area contributed by atoms with Gasteiger partial charge in [0.2, 0.25) is 5.91 Å². The van der Waals surface area contributed by atoms with Crippen molar-refractivity contribution in [2.75, 3.05) is 5.32 Å². The zero-order chi connectivity index (χ0) is 13.1. The largest absolute Gasteiger partial charge is 0.302 e. The second-order valence-electron chi connectivity index (χ2n) is 4.33. The lowest BCUT2D eigenvalue weighted by Crippen LogP contribution is -2.17. The van der Waals surface area contributed by atoms with Gasteiger partial charge in [0.15, 0.2) is 5.13 Å². The smallest absolute Gasteiger partial charge is 0.228 e. The molecule has 2 aromatic rings. The van der Waals surface area contributed by atoms with E-state index in [0.29, 0.717) is 11.6 Å². The van der Waals surface area contributed by atoms with Crippen LogP contribution in [0.1, 0.15) is 30.8 Å². The molecule has 0 saturated carbocycles. The predicted molar refractivity (Wildman–Crippen MR) is 71.8 cm³/mol. The van der Waals surface area contributed by atoms with Crippen LogP contribution in [0, 0.1) is 13.8 Å². The van der Waals surface area contributed by atoms with Crippen molar-refractivity contribution in [3.05, 3.63) is 29.0 Å². The SMILES string of the molecule is Cc1csc(NC(=O)C[C@@H](C)n2ccc(C)n2)n1. The summed E-state index contributed by atoms with van der Waals surface area (Å²) in [4.78, 5) is 16.0. The first-order valence-corrected chi connectivity index (χ1v) is 6.66. The molecule has 5 nitrogen and oxygen atoms in total. The summed E-state index contributed by atoms with van der Waals surface area (Å²) in [6, 6.07) is 1.97. The van der Waals surface area contributed by atoms with Crippen LogP contribution in [0.3, 0.4) is 0 Å². The highest BCUT2D eigenvalue weighted by Gasteiger charge is 2.12. The number of carbonyl (C=O) groups is 1. The lowest BCUT2D eigenvalue weighted by Gasteiger charge is -2.11. The molecule has 1 atom stereocenters. The predicted octanol–water partition coefficient (Wildman–Crippen LogP) is 2.55. The molecule has 0 aliphatic heterocycles. The Labute approximate surface area is 110 Å². The number of nitrogens with one attached hydrogen (secondary N) is 1. The summed E-state index contributed by atoms with van der Waals surface area (Å²) >= 11 is 1.44. The number of anilines is 1. The van der Waals surface area contributed by atoms with Crippen LogP contribution >= 0.6 is 11.3 Å². The highest BCUT2D eigenvalue weighted by molar-refractivity contribution is 7.13. The molecule has 96 valence electrons. The van der Waals surface area contributed by atoms with E-state index in [1.165, 1.54) is 11.3 Å². The summed E-state index contributed by atoms with van der Waals surface area (Å²) in [5, 5.41) is 9.66. The van der Waals surface area contributed by atoms with Gasteiger partial charge in [-0.05, 0) is 26.8 Å². The molecular formula is C12H16N4OS. The molecule has 0 unspecified atom stereocenters. The zero-order valence-corrected chi connectivity index (χ0v) is 11.5. The molecule has 2 heterocycles. The third-order valence-electron chi connectivity index (χ3n) is 2.54. The summed E-state index contributed by atoms with van der Waals surface area (Å²) in [5.74, 6) is -0.0370. The van der Waals surface area contributed by atoms with E-state index in [2.05, 4.69) is 15.4 Å². The summed E-state index contributed by atoms with van der Waals surface area (Å²) in [7, 11) is 0. The molecule has 2 aromatic heterocycles. The van der Waals surface area contributed by atoms with E-state index in [0.717, 1.165) is 11.4 Å². The molecule has 1 amide bonds. The van der Waals surface area contributed by atoms with Crippen molar-refractivity contribution >= 4 is 22.4 Å². The summed E-state index contributed by atoms with van der Waals surface area (Å²) < 4.78 is 1.81. The molecule has 6 heteroatoms. The summed E-state index contributed by atoms with van der Waals surface area (Å²) in [5.41, 5.74) is 1.88. The molecule has 0 spiro atoms. The number of aromatic nitrogens is 3. The highest BCUT2D eigenvalue weighted by Crippen LogP contribution is 2.16. The van der Waals surface area contributed by atoms with Crippen LogP contribution in [0.4, 0.5) is 5.13 Å². The van der Waals surface area contributed by atoms with Crippen molar-refractivity contribution in [2.24, 2.45) is 0 Å².